The number of hydrogen-bond donors (Lipinski definition) is 0. The third kappa shape index (κ3) is 5.06. The van der Waals surface area contributed by atoms with Gasteiger partial charge in [-0.25, -0.2) is 0 Å². The molecule has 0 radical (unpaired) electrons. The van der Waals surface area contributed by atoms with Crippen LogP contribution in [-0.2, 0) is 0 Å². The summed E-state index contributed by atoms with van der Waals surface area (Å²) < 4.78 is 4.61. The smallest absolute Gasteiger partial charge is 0.0991 e. The normalized spacial score (nSPS) is 11.3. The Labute approximate surface area is 312 Å². The lowest BCUT2D eigenvalue weighted by Gasteiger charge is -2.10. The summed E-state index contributed by atoms with van der Waals surface area (Å²) in [5, 5.41) is 23.7. The zero-order chi connectivity index (χ0) is 36.2. The quantitative estimate of drug-likeness (QED) is 0.181. The lowest BCUT2D eigenvalue weighted by molar-refractivity contribution is 1.18. The largest absolute Gasteiger partial charge is 0.309 e. The number of rotatable bonds is 5. The van der Waals surface area contributed by atoms with Crippen LogP contribution in [0.5, 0.6) is 0 Å². The molecule has 250 valence electrons. The van der Waals surface area contributed by atoms with Gasteiger partial charge in [-0.05, 0) is 118 Å². The lowest BCUT2D eigenvalue weighted by atomic mass is 9.99. The summed E-state index contributed by atoms with van der Waals surface area (Å²) >= 11 is 0. The van der Waals surface area contributed by atoms with Crippen LogP contribution < -0.4 is 0 Å². The number of aromatic nitrogens is 2. The van der Waals surface area contributed by atoms with E-state index in [0.717, 1.165) is 55.7 Å². The maximum absolute atomic E-state index is 9.50. The molecule has 10 rings (SSSR count). The van der Waals surface area contributed by atoms with Gasteiger partial charge in [-0.3, -0.25) is 0 Å². The highest BCUT2D eigenvalue weighted by atomic mass is 15.0. The molecule has 0 atom stereocenters. The van der Waals surface area contributed by atoms with Gasteiger partial charge in [0.05, 0.1) is 45.3 Å². The monoisotopic (exact) mass is 686 g/mol. The van der Waals surface area contributed by atoms with E-state index in [4.69, 9.17) is 0 Å². The zero-order valence-electron chi connectivity index (χ0n) is 29.1. The van der Waals surface area contributed by atoms with Crippen molar-refractivity contribution in [3.8, 4) is 56.9 Å². The molecule has 0 aliphatic heterocycles. The minimum Gasteiger partial charge on any atom is -0.309 e. The van der Waals surface area contributed by atoms with Crippen LogP contribution in [0.1, 0.15) is 11.1 Å². The highest BCUT2D eigenvalue weighted by Crippen LogP contribution is 2.40. The fourth-order valence-corrected chi connectivity index (χ4v) is 7.95. The molecule has 2 heterocycles. The van der Waals surface area contributed by atoms with E-state index in [1.165, 1.54) is 32.7 Å². The van der Waals surface area contributed by atoms with E-state index in [1.54, 1.807) is 0 Å². The minimum atomic E-state index is 0.638. The summed E-state index contributed by atoms with van der Waals surface area (Å²) in [6, 6.07) is 68.1. The molecular formula is C50H30N4. The fourth-order valence-electron chi connectivity index (χ4n) is 7.95. The average molecular weight is 687 g/mol. The van der Waals surface area contributed by atoms with Crippen molar-refractivity contribution < 1.29 is 0 Å². The van der Waals surface area contributed by atoms with Crippen molar-refractivity contribution in [2.45, 2.75) is 0 Å². The molecule has 0 bridgehead atoms. The van der Waals surface area contributed by atoms with Gasteiger partial charge in [0.15, 0.2) is 0 Å². The lowest BCUT2D eigenvalue weighted by Crippen LogP contribution is -1.94. The van der Waals surface area contributed by atoms with Crippen molar-refractivity contribution >= 4 is 43.6 Å². The SMILES string of the molecule is N#Cc1ccc(-n2c3ccc(-c4ccc5c(c4)c4ccc(-c6ccccc6)cc4n5-c4ccc(C#N)cc4)cc3c3ccc(-c4ccccc4)cc32)cc1. The first kappa shape index (κ1) is 31.1. The van der Waals surface area contributed by atoms with Crippen molar-refractivity contribution in [1.82, 2.24) is 9.13 Å². The molecule has 4 nitrogen and oxygen atoms in total. The van der Waals surface area contributed by atoms with Crippen LogP contribution in [0.3, 0.4) is 0 Å². The Bertz CT molecular complexity index is 2920. The Morgan fingerprint density at radius 1 is 0.296 bits per heavy atom. The second-order valence-corrected chi connectivity index (χ2v) is 13.6. The van der Waals surface area contributed by atoms with E-state index in [0.29, 0.717) is 11.1 Å². The Balaban J connectivity index is 1.17. The fraction of sp³-hybridized carbons (Fsp3) is 0. The molecule has 0 aliphatic rings. The number of nitriles is 2. The third-order valence-corrected chi connectivity index (χ3v) is 10.6. The number of hydrogen-bond acceptors (Lipinski definition) is 2. The van der Waals surface area contributed by atoms with Gasteiger partial charge < -0.3 is 9.13 Å². The molecule has 4 heteroatoms. The number of fused-ring (bicyclic) bond motifs is 6. The number of nitrogens with zero attached hydrogens (tertiary/aromatic N) is 4. The molecule has 2 aromatic heterocycles. The van der Waals surface area contributed by atoms with Crippen LogP contribution >= 0.6 is 0 Å². The van der Waals surface area contributed by atoms with Gasteiger partial charge in [0.2, 0.25) is 0 Å². The first-order valence-corrected chi connectivity index (χ1v) is 18.0. The van der Waals surface area contributed by atoms with E-state index in [-0.39, 0.29) is 0 Å². The Kier molecular flexibility index (Phi) is 7.22. The summed E-state index contributed by atoms with van der Waals surface area (Å²) in [5.74, 6) is 0. The van der Waals surface area contributed by atoms with E-state index >= 15 is 0 Å². The van der Waals surface area contributed by atoms with E-state index in [1.807, 2.05) is 60.7 Å². The molecule has 0 spiro atoms. The second-order valence-electron chi connectivity index (χ2n) is 13.6. The summed E-state index contributed by atoms with van der Waals surface area (Å²) in [6.45, 7) is 0. The first-order valence-electron chi connectivity index (χ1n) is 18.0. The van der Waals surface area contributed by atoms with Crippen molar-refractivity contribution in [1.29, 1.82) is 10.5 Å². The Hall–Kier alpha value is -7.66. The first-order chi connectivity index (χ1) is 26.7. The molecule has 0 fully saturated rings. The zero-order valence-corrected chi connectivity index (χ0v) is 29.1. The van der Waals surface area contributed by atoms with Gasteiger partial charge in [0.25, 0.3) is 0 Å². The molecule has 0 N–H and O–H groups in total. The predicted molar refractivity (Wildman–Crippen MR) is 221 cm³/mol. The van der Waals surface area contributed by atoms with Crippen LogP contribution in [0, 0.1) is 22.7 Å². The van der Waals surface area contributed by atoms with E-state index in [2.05, 4.69) is 143 Å². The predicted octanol–water partition coefficient (Wildman–Crippen LogP) is 12.6. The maximum atomic E-state index is 9.50. The van der Waals surface area contributed by atoms with Crippen LogP contribution in [0.4, 0.5) is 0 Å². The number of benzene rings is 8. The highest BCUT2D eigenvalue weighted by Gasteiger charge is 2.18. The average Bonchev–Trinajstić information content (AvgIpc) is 3.75. The van der Waals surface area contributed by atoms with Gasteiger partial charge in [-0.2, -0.15) is 10.5 Å². The standard InChI is InChI=1S/C50H30N4/c51-31-33-11-19-41(20-12-33)53-47-25-17-37(27-45(47)43-23-15-39(29-49(43)53)35-7-3-1-4-8-35)38-18-26-48-46(28-38)44-24-16-40(36-9-5-2-6-10-36)30-50(44)54(48)42-21-13-34(32-52)14-22-42/h1-30H. The Morgan fingerprint density at radius 3 is 1.06 bits per heavy atom. The molecule has 10 aromatic rings. The van der Waals surface area contributed by atoms with Crippen molar-refractivity contribution in [2.24, 2.45) is 0 Å². The molecule has 0 unspecified atom stereocenters. The molecule has 8 aromatic carbocycles. The van der Waals surface area contributed by atoms with Gasteiger partial charge in [-0.15, -0.1) is 0 Å². The molecule has 54 heavy (non-hydrogen) atoms. The van der Waals surface area contributed by atoms with E-state index in [9.17, 15) is 10.5 Å². The van der Waals surface area contributed by atoms with Crippen LogP contribution in [-0.4, -0.2) is 9.13 Å². The maximum Gasteiger partial charge on any atom is 0.0991 e. The minimum absolute atomic E-state index is 0.638. The van der Waals surface area contributed by atoms with E-state index < -0.39 is 0 Å². The topological polar surface area (TPSA) is 57.4 Å². The van der Waals surface area contributed by atoms with Crippen LogP contribution in [0.15, 0.2) is 182 Å². The van der Waals surface area contributed by atoms with Crippen LogP contribution in [0.2, 0.25) is 0 Å². The van der Waals surface area contributed by atoms with Crippen molar-refractivity contribution in [3.05, 3.63) is 193 Å². The summed E-state index contributed by atoms with van der Waals surface area (Å²) in [4.78, 5) is 0. The van der Waals surface area contributed by atoms with Gasteiger partial charge >= 0.3 is 0 Å². The third-order valence-electron chi connectivity index (χ3n) is 10.6. The summed E-state index contributed by atoms with van der Waals surface area (Å²) in [6.07, 6.45) is 0. The molecule has 0 saturated carbocycles. The molecule has 0 aliphatic carbocycles. The van der Waals surface area contributed by atoms with Crippen molar-refractivity contribution in [3.63, 3.8) is 0 Å². The molecule has 0 amide bonds. The molecule has 0 saturated heterocycles. The van der Waals surface area contributed by atoms with Gasteiger partial charge in [0.1, 0.15) is 0 Å². The summed E-state index contributed by atoms with van der Waals surface area (Å²) in [5.41, 5.74) is 14.7. The van der Waals surface area contributed by atoms with Gasteiger partial charge in [0, 0.05) is 32.9 Å². The summed E-state index contributed by atoms with van der Waals surface area (Å²) in [7, 11) is 0. The molecular weight excluding hydrogens is 657 g/mol. The Morgan fingerprint density at radius 2 is 0.667 bits per heavy atom. The highest BCUT2D eigenvalue weighted by molar-refractivity contribution is 6.13. The van der Waals surface area contributed by atoms with Crippen LogP contribution in [0.25, 0.3) is 88.4 Å². The van der Waals surface area contributed by atoms with Crippen molar-refractivity contribution in [2.75, 3.05) is 0 Å². The second kappa shape index (κ2) is 12.5. The van der Waals surface area contributed by atoms with Gasteiger partial charge in [-0.1, -0.05) is 97.1 Å².